The van der Waals surface area contributed by atoms with Gasteiger partial charge in [-0.1, -0.05) is 154 Å². The third-order valence-corrected chi connectivity index (χ3v) is 10.4. The molecule has 0 spiro atoms. The molecule has 0 saturated heterocycles. The first kappa shape index (κ1) is 29.4. The number of fused-ring (bicyclic) bond motifs is 8. The van der Waals surface area contributed by atoms with E-state index in [1.54, 1.807) is 0 Å². The van der Waals surface area contributed by atoms with Gasteiger partial charge in [0.05, 0.1) is 0 Å². The molecule has 0 amide bonds. The first-order valence-electron chi connectivity index (χ1n) is 15.9. The van der Waals surface area contributed by atoms with Gasteiger partial charge in [0.15, 0.2) is 0 Å². The number of hydrogen-bond acceptors (Lipinski definition) is 2. The van der Waals surface area contributed by atoms with Crippen LogP contribution >= 0.6 is 11.3 Å². The molecule has 0 unspecified atom stereocenters. The molecule has 2 aromatic heterocycles. The molecule has 0 bridgehead atoms. The molecule has 6 aromatic carbocycles. The lowest BCUT2D eigenvalue weighted by molar-refractivity contribution is 0.580. The maximum absolute atomic E-state index is 6.53. The Kier molecular flexibility index (Phi) is 7.36. The van der Waals surface area contributed by atoms with Crippen molar-refractivity contribution < 1.29 is 4.42 Å². The highest BCUT2D eigenvalue weighted by atomic mass is 32.1. The molecule has 0 radical (unpaired) electrons. The second-order valence-electron chi connectivity index (χ2n) is 11.9. The van der Waals surface area contributed by atoms with Gasteiger partial charge < -0.3 is 4.42 Å². The SMILES string of the molecule is C=Cc1ccccc1C(=C)c1ccccccc(C(=C)/C=c2\c(=C)oc3c2ccc2ccc4c5ccccc5sc4c23)c2ccccc12. The normalized spacial score (nSPS) is 11.8. The van der Waals surface area contributed by atoms with Crippen molar-refractivity contribution in [2.45, 2.75) is 0 Å². The Morgan fingerprint density at radius 2 is 1.19 bits per heavy atom. The van der Waals surface area contributed by atoms with Crippen molar-refractivity contribution in [2.24, 2.45) is 0 Å². The number of furan rings is 1. The Hall–Kier alpha value is -5.96. The Bertz CT molecular complexity index is 2810. The maximum atomic E-state index is 6.53. The summed E-state index contributed by atoms with van der Waals surface area (Å²) in [6.45, 7) is 17.6. The van der Waals surface area contributed by atoms with Crippen LogP contribution in [0.1, 0.15) is 22.3 Å². The minimum absolute atomic E-state index is 0.624. The lowest BCUT2D eigenvalue weighted by Crippen LogP contribution is -2.18. The van der Waals surface area contributed by atoms with Crippen molar-refractivity contribution in [3.63, 3.8) is 0 Å². The van der Waals surface area contributed by atoms with Crippen LogP contribution in [-0.4, -0.2) is 0 Å². The van der Waals surface area contributed by atoms with Gasteiger partial charge in [-0.15, -0.1) is 11.3 Å². The van der Waals surface area contributed by atoms with Crippen molar-refractivity contribution in [3.8, 4) is 0 Å². The predicted molar refractivity (Wildman–Crippen MR) is 211 cm³/mol. The smallest absolute Gasteiger partial charge is 0.144 e. The van der Waals surface area contributed by atoms with Crippen LogP contribution in [0.5, 0.6) is 0 Å². The van der Waals surface area contributed by atoms with E-state index >= 15 is 0 Å². The first-order valence-corrected chi connectivity index (χ1v) is 16.8. The molecular formula is C46H32OS. The summed E-state index contributed by atoms with van der Waals surface area (Å²) < 4.78 is 9.03. The van der Waals surface area contributed by atoms with E-state index in [0.717, 1.165) is 71.1 Å². The molecule has 8 aromatic rings. The van der Waals surface area contributed by atoms with Crippen LogP contribution in [0.4, 0.5) is 0 Å². The van der Waals surface area contributed by atoms with E-state index in [1.807, 2.05) is 41.7 Å². The zero-order chi connectivity index (χ0) is 32.8. The van der Waals surface area contributed by atoms with Crippen LogP contribution in [-0.2, 0) is 0 Å². The molecule has 0 N–H and O–H groups in total. The minimum Gasteiger partial charge on any atom is -0.456 e. The van der Waals surface area contributed by atoms with Gasteiger partial charge in [0.2, 0.25) is 0 Å². The molecular weight excluding hydrogens is 601 g/mol. The summed E-state index contributed by atoms with van der Waals surface area (Å²) in [6, 6.07) is 46.5. The fourth-order valence-corrected chi connectivity index (χ4v) is 8.07. The number of rotatable bonds is 5. The maximum Gasteiger partial charge on any atom is 0.144 e. The summed E-state index contributed by atoms with van der Waals surface area (Å²) in [5, 5.41) is 8.91. The molecule has 228 valence electrons. The minimum atomic E-state index is 0.624. The zero-order valence-electron chi connectivity index (χ0n) is 26.5. The standard InChI is InChI=1S/C46H32OS/c1-5-32-16-10-11-18-35(32)30(3)36-19-9-7-6-8-17-34(37-20-12-13-21-38(36)37)29(2)28-42-31(4)47-45-40(42)26-24-33-25-27-41-39-22-14-15-23-43(39)48-46(41)44(33)45/h5-28H,1-4H2/b7-6?,8-6?,9-7?,17-8?,19-9?,34-17?,36-19?,37-34?,38-36?,42-28+. The first-order chi connectivity index (χ1) is 23.5. The second kappa shape index (κ2) is 12.0. The van der Waals surface area contributed by atoms with Crippen LogP contribution in [0, 0.1) is 0 Å². The molecule has 0 fully saturated rings. The van der Waals surface area contributed by atoms with Crippen LogP contribution in [0.25, 0.3) is 82.6 Å². The topological polar surface area (TPSA) is 13.1 Å². The molecule has 8 rings (SSSR count). The van der Waals surface area contributed by atoms with Crippen molar-refractivity contribution >= 4 is 93.9 Å². The molecule has 48 heavy (non-hydrogen) atoms. The van der Waals surface area contributed by atoms with Gasteiger partial charge in [-0.2, -0.15) is 0 Å². The average Bonchev–Trinajstić information content (AvgIpc) is 3.66. The van der Waals surface area contributed by atoms with Crippen molar-refractivity contribution in [3.05, 3.63) is 186 Å². The second-order valence-corrected chi connectivity index (χ2v) is 13.0. The van der Waals surface area contributed by atoms with Gasteiger partial charge in [0.1, 0.15) is 11.0 Å². The summed E-state index contributed by atoms with van der Waals surface area (Å²) in [7, 11) is 0. The Morgan fingerprint density at radius 1 is 0.583 bits per heavy atom. The molecule has 0 atom stereocenters. The van der Waals surface area contributed by atoms with Gasteiger partial charge >= 0.3 is 0 Å². The summed E-state index contributed by atoms with van der Waals surface area (Å²) in [5.41, 5.74) is 7.43. The van der Waals surface area contributed by atoms with Crippen molar-refractivity contribution in [1.29, 1.82) is 0 Å². The Morgan fingerprint density at radius 3 is 1.96 bits per heavy atom. The molecule has 2 heteroatoms. The molecule has 0 aliphatic carbocycles. The monoisotopic (exact) mass is 632 g/mol. The van der Waals surface area contributed by atoms with E-state index in [2.05, 4.69) is 142 Å². The summed E-state index contributed by atoms with van der Waals surface area (Å²) in [5.74, 6) is 0. The Balaban J connectivity index is 1.36. The van der Waals surface area contributed by atoms with Gasteiger partial charge in [0.25, 0.3) is 0 Å². The van der Waals surface area contributed by atoms with Crippen LogP contribution < -0.4 is 10.6 Å². The molecule has 2 heterocycles. The highest BCUT2D eigenvalue weighted by molar-refractivity contribution is 7.26. The molecule has 0 aliphatic rings. The quantitative estimate of drug-likeness (QED) is 0.184. The molecule has 0 saturated carbocycles. The lowest BCUT2D eigenvalue weighted by Gasteiger charge is -2.13. The van der Waals surface area contributed by atoms with Crippen LogP contribution in [0.2, 0.25) is 0 Å². The van der Waals surface area contributed by atoms with Crippen LogP contribution in [0.3, 0.4) is 0 Å². The number of allylic oxidation sites excluding steroid dienone is 1. The third kappa shape index (κ3) is 4.86. The van der Waals surface area contributed by atoms with Gasteiger partial charge in [0, 0.05) is 36.2 Å². The van der Waals surface area contributed by atoms with E-state index in [4.69, 9.17) is 4.42 Å². The van der Waals surface area contributed by atoms with E-state index < -0.39 is 0 Å². The average molecular weight is 633 g/mol. The zero-order valence-corrected chi connectivity index (χ0v) is 27.3. The summed E-state index contributed by atoms with van der Waals surface area (Å²) in [6.07, 6.45) is 4.00. The predicted octanol–water partition coefficient (Wildman–Crippen LogP) is 11.8. The number of hydrogen-bond donors (Lipinski definition) is 0. The Labute approximate surface area is 283 Å². The van der Waals surface area contributed by atoms with Gasteiger partial charge in [-0.25, -0.2) is 0 Å². The summed E-state index contributed by atoms with van der Waals surface area (Å²) in [4.78, 5) is 0. The molecule has 1 nitrogen and oxygen atoms in total. The molecule has 0 aliphatic heterocycles. The van der Waals surface area contributed by atoms with Gasteiger partial charge in [-0.05, 0) is 67.8 Å². The third-order valence-electron chi connectivity index (χ3n) is 9.16. The largest absolute Gasteiger partial charge is 0.456 e. The fraction of sp³-hybridized carbons (Fsp3) is 0. The highest BCUT2D eigenvalue weighted by Crippen LogP contribution is 2.40. The van der Waals surface area contributed by atoms with E-state index in [-0.39, 0.29) is 0 Å². The summed E-state index contributed by atoms with van der Waals surface area (Å²) >= 11 is 1.81. The fourth-order valence-electron chi connectivity index (χ4n) is 6.82. The van der Waals surface area contributed by atoms with Crippen LogP contribution in [0.15, 0.2) is 158 Å². The van der Waals surface area contributed by atoms with E-state index in [1.165, 1.54) is 20.2 Å². The number of benzene rings is 5. The van der Waals surface area contributed by atoms with E-state index in [0.29, 0.717) is 5.42 Å². The highest BCUT2D eigenvalue weighted by Gasteiger charge is 2.15. The number of thiophene rings is 1. The lowest BCUT2D eigenvalue weighted by atomic mass is 9.91. The van der Waals surface area contributed by atoms with E-state index in [9.17, 15) is 0 Å². The van der Waals surface area contributed by atoms with Gasteiger partial charge in [-0.3, -0.25) is 0 Å². The van der Waals surface area contributed by atoms with Crippen molar-refractivity contribution in [2.75, 3.05) is 0 Å². The van der Waals surface area contributed by atoms with Crippen molar-refractivity contribution in [1.82, 2.24) is 0 Å².